The summed E-state index contributed by atoms with van der Waals surface area (Å²) in [5, 5.41) is 3.05. The van der Waals surface area contributed by atoms with Gasteiger partial charge in [0.05, 0.1) is 0 Å². The standard InChI is InChI=1S/C11H10F3N/c12-8-5-9(11(14)10(13)6-8)7-1-3-15-4-2-7/h1,5-6,15H,2-4H2. The largest absolute Gasteiger partial charge is 0.313 e. The van der Waals surface area contributed by atoms with Crippen LogP contribution < -0.4 is 5.32 Å². The van der Waals surface area contributed by atoms with Crippen molar-refractivity contribution in [2.75, 3.05) is 13.1 Å². The Balaban J connectivity index is 2.46. The maximum atomic E-state index is 13.4. The summed E-state index contributed by atoms with van der Waals surface area (Å²) in [4.78, 5) is 0. The molecule has 1 aromatic rings. The minimum absolute atomic E-state index is 0.0361. The molecule has 0 aliphatic carbocycles. The van der Waals surface area contributed by atoms with Gasteiger partial charge in [-0.25, -0.2) is 13.2 Å². The van der Waals surface area contributed by atoms with Crippen LogP contribution in [0.3, 0.4) is 0 Å². The van der Waals surface area contributed by atoms with E-state index in [0.717, 1.165) is 6.07 Å². The third-order valence-corrected chi connectivity index (χ3v) is 2.40. The molecule has 2 rings (SSSR count). The zero-order valence-electron chi connectivity index (χ0n) is 7.99. The Hall–Kier alpha value is -1.29. The Morgan fingerprint density at radius 2 is 1.93 bits per heavy atom. The monoisotopic (exact) mass is 213 g/mol. The number of hydrogen-bond acceptors (Lipinski definition) is 1. The SMILES string of the molecule is Fc1cc(F)c(F)c(C2=CCNCC2)c1. The number of rotatable bonds is 1. The highest BCUT2D eigenvalue weighted by Gasteiger charge is 2.15. The molecule has 0 aromatic heterocycles. The highest BCUT2D eigenvalue weighted by Crippen LogP contribution is 2.25. The first kappa shape index (κ1) is 10.2. The predicted octanol–water partition coefficient (Wildman–Crippen LogP) is 2.48. The van der Waals surface area contributed by atoms with Gasteiger partial charge < -0.3 is 5.32 Å². The average molecular weight is 213 g/mol. The number of hydrogen-bond donors (Lipinski definition) is 1. The van der Waals surface area contributed by atoms with E-state index in [1.807, 2.05) is 0 Å². The molecule has 1 aromatic carbocycles. The van der Waals surface area contributed by atoms with Gasteiger partial charge in [-0.1, -0.05) is 6.08 Å². The third-order valence-electron chi connectivity index (χ3n) is 2.40. The van der Waals surface area contributed by atoms with Gasteiger partial charge in [0, 0.05) is 18.2 Å². The van der Waals surface area contributed by atoms with E-state index in [1.54, 1.807) is 6.08 Å². The Morgan fingerprint density at radius 1 is 1.13 bits per heavy atom. The van der Waals surface area contributed by atoms with Crippen molar-refractivity contribution < 1.29 is 13.2 Å². The van der Waals surface area contributed by atoms with Crippen molar-refractivity contribution in [3.8, 4) is 0 Å². The molecular formula is C11H10F3N. The molecule has 4 heteroatoms. The first-order valence-electron chi connectivity index (χ1n) is 4.73. The van der Waals surface area contributed by atoms with Crippen molar-refractivity contribution >= 4 is 5.57 Å². The molecular weight excluding hydrogens is 203 g/mol. The second-order valence-electron chi connectivity index (χ2n) is 3.43. The van der Waals surface area contributed by atoms with Crippen LogP contribution in [0.25, 0.3) is 5.57 Å². The van der Waals surface area contributed by atoms with E-state index in [2.05, 4.69) is 5.32 Å². The quantitative estimate of drug-likeness (QED) is 0.707. The molecule has 0 amide bonds. The smallest absolute Gasteiger partial charge is 0.166 e. The summed E-state index contributed by atoms with van der Waals surface area (Å²) in [6, 6.07) is 1.59. The van der Waals surface area contributed by atoms with Gasteiger partial charge in [0.2, 0.25) is 0 Å². The summed E-state index contributed by atoms with van der Waals surface area (Å²) in [7, 11) is 0. The van der Waals surface area contributed by atoms with Crippen LogP contribution in [-0.4, -0.2) is 13.1 Å². The fraction of sp³-hybridized carbons (Fsp3) is 0.273. The Bertz CT molecular complexity index is 413. The molecule has 15 heavy (non-hydrogen) atoms. The van der Waals surface area contributed by atoms with Crippen LogP contribution >= 0.6 is 0 Å². The fourth-order valence-electron chi connectivity index (χ4n) is 1.66. The average Bonchev–Trinajstić information content (AvgIpc) is 2.24. The van der Waals surface area contributed by atoms with Crippen molar-refractivity contribution in [1.82, 2.24) is 5.32 Å². The lowest BCUT2D eigenvalue weighted by molar-refractivity contribution is 0.491. The maximum absolute atomic E-state index is 13.4. The summed E-state index contributed by atoms with van der Waals surface area (Å²) < 4.78 is 39.2. The molecule has 0 atom stereocenters. The molecule has 80 valence electrons. The molecule has 1 heterocycles. The van der Waals surface area contributed by atoms with Crippen LogP contribution in [-0.2, 0) is 0 Å². The highest BCUT2D eigenvalue weighted by atomic mass is 19.2. The first-order valence-corrected chi connectivity index (χ1v) is 4.73. The summed E-state index contributed by atoms with van der Waals surface area (Å²) >= 11 is 0. The zero-order chi connectivity index (χ0) is 10.8. The van der Waals surface area contributed by atoms with E-state index in [-0.39, 0.29) is 5.56 Å². The summed E-state index contributed by atoms with van der Waals surface area (Å²) in [5.41, 5.74) is 0.693. The Morgan fingerprint density at radius 3 is 2.60 bits per heavy atom. The number of benzene rings is 1. The Labute approximate surface area is 85.6 Å². The number of halogens is 3. The minimum Gasteiger partial charge on any atom is -0.313 e. The molecule has 0 saturated carbocycles. The minimum atomic E-state index is -1.13. The van der Waals surface area contributed by atoms with Crippen LogP contribution in [0.5, 0.6) is 0 Å². The summed E-state index contributed by atoms with van der Waals surface area (Å²) in [5.74, 6) is -2.85. The van der Waals surface area contributed by atoms with E-state index in [4.69, 9.17) is 0 Å². The van der Waals surface area contributed by atoms with Crippen molar-refractivity contribution in [3.05, 3.63) is 41.2 Å². The van der Waals surface area contributed by atoms with Gasteiger partial charge in [0.1, 0.15) is 5.82 Å². The van der Waals surface area contributed by atoms with E-state index in [1.165, 1.54) is 0 Å². The van der Waals surface area contributed by atoms with Gasteiger partial charge in [0.25, 0.3) is 0 Å². The zero-order valence-corrected chi connectivity index (χ0v) is 7.99. The van der Waals surface area contributed by atoms with Crippen LogP contribution in [0.1, 0.15) is 12.0 Å². The van der Waals surface area contributed by atoms with E-state index < -0.39 is 17.5 Å². The molecule has 0 fully saturated rings. The fourth-order valence-corrected chi connectivity index (χ4v) is 1.66. The number of nitrogens with one attached hydrogen (secondary N) is 1. The molecule has 1 nitrogen and oxygen atoms in total. The lowest BCUT2D eigenvalue weighted by atomic mass is 9.99. The topological polar surface area (TPSA) is 12.0 Å². The second kappa shape index (κ2) is 4.06. The molecule has 1 aliphatic heterocycles. The lowest BCUT2D eigenvalue weighted by Gasteiger charge is -2.15. The molecule has 0 saturated heterocycles. The van der Waals surface area contributed by atoms with Crippen molar-refractivity contribution in [2.45, 2.75) is 6.42 Å². The molecule has 0 spiro atoms. The summed E-state index contributed by atoms with van der Waals surface area (Å²) in [6.07, 6.45) is 2.33. The molecule has 0 radical (unpaired) electrons. The van der Waals surface area contributed by atoms with E-state index in [9.17, 15) is 13.2 Å². The van der Waals surface area contributed by atoms with E-state index >= 15 is 0 Å². The van der Waals surface area contributed by atoms with E-state index in [0.29, 0.717) is 31.1 Å². The second-order valence-corrected chi connectivity index (χ2v) is 3.43. The van der Waals surface area contributed by atoms with Crippen LogP contribution in [0.2, 0.25) is 0 Å². The van der Waals surface area contributed by atoms with Crippen LogP contribution in [0, 0.1) is 17.5 Å². The van der Waals surface area contributed by atoms with Crippen molar-refractivity contribution in [2.24, 2.45) is 0 Å². The van der Waals surface area contributed by atoms with Gasteiger partial charge in [-0.15, -0.1) is 0 Å². The van der Waals surface area contributed by atoms with Crippen LogP contribution in [0.4, 0.5) is 13.2 Å². The Kier molecular flexibility index (Phi) is 2.77. The molecule has 1 N–H and O–H groups in total. The molecule has 0 bridgehead atoms. The van der Waals surface area contributed by atoms with Gasteiger partial charge in [-0.2, -0.15) is 0 Å². The van der Waals surface area contributed by atoms with Crippen LogP contribution in [0.15, 0.2) is 18.2 Å². The highest BCUT2D eigenvalue weighted by molar-refractivity contribution is 5.67. The summed E-state index contributed by atoms with van der Waals surface area (Å²) in [6.45, 7) is 1.30. The van der Waals surface area contributed by atoms with Gasteiger partial charge in [0.15, 0.2) is 11.6 Å². The lowest BCUT2D eigenvalue weighted by Crippen LogP contribution is -2.20. The maximum Gasteiger partial charge on any atom is 0.166 e. The van der Waals surface area contributed by atoms with Crippen molar-refractivity contribution in [3.63, 3.8) is 0 Å². The predicted molar refractivity (Wildman–Crippen MR) is 51.8 cm³/mol. The first-order chi connectivity index (χ1) is 7.18. The van der Waals surface area contributed by atoms with Crippen molar-refractivity contribution in [1.29, 1.82) is 0 Å². The third kappa shape index (κ3) is 2.04. The molecule has 0 unspecified atom stereocenters. The normalized spacial score (nSPS) is 16.3. The molecule has 1 aliphatic rings. The van der Waals surface area contributed by atoms with Gasteiger partial charge >= 0.3 is 0 Å². The van der Waals surface area contributed by atoms with Gasteiger partial charge in [-0.3, -0.25) is 0 Å². The van der Waals surface area contributed by atoms with Gasteiger partial charge in [-0.05, 0) is 24.6 Å².